The van der Waals surface area contributed by atoms with Crippen LogP contribution in [0.2, 0.25) is 5.02 Å². The zero-order valence-corrected chi connectivity index (χ0v) is 11.8. The maximum atomic E-state index is 11.7. The Labute approximate surface area is 121 Å². The molecule has 0 N–H and O–H groups in total. The van der Waals surface area contributed by atoms with Gasteiger partial charge in [-0.2, -0.15) is 0 Å². The predicted octanol–water partition coefficient (Wildman–Crippen LogP) is 2.39. The molecule has 1 saturated heterocycles. The van der Waals surface area contributed by atoms with Gasteiger partial charge in [-0.1, -0.05) is 11.6 Å². The first kappa shape index (κ1) is 14.7. The highest BCUT2D eigenvalue weighted by Gasteiger charge is 2.31. The highest BCUT2D eigenvalue weighted by molar-refractivity contribution is 6.31. The smallest absolute Gasteiger partial charge is 0.323 e. The third-order valence-electron chi connectivity index (χ3n) is 3.46. The average molecular weight is 299 g/mol. The molecule has 20 heavy (non-hydrogen) atoms. The number of hydrogen-bond donors (Lipinski definition) is 0. The van der Waals surface area contributed by atoms with E-state index in [2.05, 4.69) is 0 Å². The Morgan fingerprint density at radius 1 is 1.60 bits per heavy atom. The second-order valence-electron chi connectivity index (χ2n) is 4.68. The summed E-state index contributed by atoms with van der Waals surface area (Å²) in [7, 11) is 1.37. The lowest BCUT2D eigenvalue weighted by Gasteiger charge is -2.22. The van der Waals surface area contributed by atoms with E-state index in [0.717, 1.165) is 24.9 Å². The van der Waals surface area contributed by atoms with Gasteiger partial charge < -0.3 is 4.74 Å². The van der Waals surface area contributed by atoms with Crippen LogP contribution in [0.4, 0.5) is 5.69 Å². The van der Waals surface area contributed by atoms with E-state index in [0.29, 0.717) is 11.6 Å². The van der Waals surface area contributed by atoms with Crippen LogP contribution in [0.3, 0.4) is 0 Å². The van der Waals surface area contributed by atoms with Crippen molar-refractivity contribution in [2.45, 2.75) is 25.4 Å². The molecule has 108 valence electrons. The summed E-state index contributed by atoms with van der Waals surface area (Å²) in [5, 5.41) is 11.0. The highest BCUT2D eigenvalue weighted by atomic mass is 35.5. The summed E-state index contributed by atoms with van der Waals surface area (Å²) in [6.45, 7) is 1.27. The molecule has 0 radical (unpaired) electrons. The second kappa shape index (κ2) is 6.19. The summed E-state index contributed by atoms with van der Waals surface area (Å²) in [5.74, 6) is -0.250. The lowest BCUT2D eigenvalue weighted by atomic mass is 10.1. The van der Waals surface area contributed by atoms with Crippen LogP contribution in [-0.4, -0.2) is 35.5 Å². The summed E-state index contributed by atoms with van der Waals surface area (Å²) in [6, 6.07) is 4.13. The Morgan fingerprint density at radius 2 is 2.35 bits per heavy atom. The molecule has 0 spiro atoms. The Balaban J connectivity index is 2.13. The molecule has 1 aromatic carbocycles. The summed E-state index contributed by atoms with van der Waals surface area (Å²) in [4.78, 5) is 23.8. The Kier molecular flexibility index (Phi) is 4.57. The van der Waals surface area contributed by atoms with E-state index in [4.69, 9.17) is 16.3 Å². The van der Waals surface area contributed by atoms with Gasteiger partial charge in [0, 0.05) is 18.7 Å². The van der Waals surface area contributed by atoms with E-state index < -0.39 is 4.92 Å². The van der Waals surface area contributed by atoms with Gasteiger partial charge in [-0.25, -0.2) is 0 Å². The first-order valence-corrected chi connectivity index (χ1v) is 6.65. The number of carbonyl (C=O) groups is 1. The van der Waals surface area contributed by atoms with Crippen molar-refractivity contribution in [1.29, 1.82) is 0 Å². The molecule has 0 amide bonds. The summed E-state index contributed by atoms with van der Waals surface area (Å²) in [5.41, 5.74) is 0.734. The number of nitro benzene ring substituents is 1. The molecular formula is C13H15ClN2O4. The molecule has 6 nitrogen and oxygen atoms in total. The topological polar surface area (TPSA) is 72.7 Å². The molecule has 0 aromatic heterocycles. The Morgan fingerprint density at radius 3 is 2.95 bits per heavy atom. The Hall–Kier alpha value is -1.66. The standard InChI is InChI=1S/C13H15ClN2O4/c1-20-13(17)12-3-2-6-15(12)8-9-4-5-10(16(18)19)7-11(9)14/h4-5,7,12H,2-3,6,8H2,1H3. The minimum absolute atomic E-state index is 0.0373. The molecule has 1 atom stereocenters. The van der Waals surface area contributed by atoms with Gasteiger partial charge in [0.05, 0.1) is 17.1 Å². The zero-order chi connectivity index (χ0) is 14.7. The first-order chi connectivity index (χ1) is 9.52. The number of hydrogen-bond acceptors (Lipinski definition) is 5. The van der Waals surface area contributed by atoms with Crippen molar-refractivity contribution in [2.24, 2.45) is 0 Å². The SMILES string of the molecule is COC(=O)C1CCCN1Cc1ccc([N+](=O)[O-])cc1Cl. The van der Waals surface area contributed by atoms with Gasteiger partial charge >= 0.3 is 5.97 Å². The minimum atomic E-state index is -0.483. The molecule has 1 aliphatic rings. The zero-order valence-electron chi connectivity index (χ0n) is 11.0. The number of carbonyl (C=O) groups excluding carboxylic acids is 1. The van der Waals surface area contributed by atoms with Gasteiger partial charge in [-0.15, -0.1) is 0 Å². The van der Waals surface area contributed by atoms with Crippen molar-refractivity contribution in [3.05, 3.63) is 38.9 Å². The monoisotopic (exact) mass is 298 g/mol. The fraction of sp³-hybridized carbons (Fsp3) is 0.462. The number of esters is 1. The van der Waals surface area contributed by atoms with Crippen molar-refractivity contribution in [3.63, 3.8) is 0 Å². The van der Waals surface area contributed by atoms with Crippen LogP contribution in [0.1, 0.15) is 18.4 Å². The third-order valence-corrected chi connectivity index (χ3v) is 3.81. The summed E-state index contributed by atoms with van der Waals surface area (Å²) in [6.07, 6.45) is 1.68. The van der Waals surface area contributed by atoms with Crippen LogP contribution in [0.15, 0.2) is 18.2 Å². The van der Waals surface area contributed by atoms with Crippen molar-refractivity contribution in [1.82, 2.24) is 4.90 Å². The van der Waals surface area contributed by atoms with Gasteiger partial charge in [0.1, 0.15) is 6.04 Å². The molecule has 1 aliphatic heterocycles. The number of methoxy groups -OCH3 is 1. The van der Waals surface area contributed by atoms with E-state index in [1.54, 1.807) is 6.07 Å². The molecule has 7 heteroatoms. The minimum Gasteiger partial charge on any atom is -0.468 e. The van der Waals surface area contributed by atoms with Crippen LogP contribution in [0.5, 0.6) is 0 Å². The van der Waals surface area contributed by atoms with Crippen LogP contribution in [0, 0.1) is 10.1 Å². The summed E-state index contributed by atoms with van der Waals surface area (Å²) < 4.78 is 4.78. The molecule has 0 saturated carbocycles. The molecule has 2 rings (SSSR count). The van der Waals surface area contributed by atoms with Gasteiger partial charge in [0.15, 0.2) is 0 Å². The highest BCUT2D eigenvalue weighted by Crippen LogP contribution is 2.27. The average Bonchev–Trinajstić information content (AvgIpc) is 2.88. The van der Waals surface area contributed by atoms with E-state index in [1.807, 2.05) is 4.90 Å². The van der Waals surface area contributed by atoms with Gasteiger partial charge in [0.25, 0.3) is 5.69 Å². The number of non-ortho nitro benzene ring substituents is 1. The predicted molar refractivity (Wildman–Crippen MR) is 73.6 cm³/mol. The van der Waals surface area contributed by atoms with E-state index in [1.165, 1.54) is 19.2 Å². The fourth-order valence-corrected chi connectivity index (χ4v) is 2.65. The maximum absolute atomic E-state index is 11.7. The molecular weight excluding hydrogens is 284 g/mol. The first-order valence-electron chi connectivity index (χ1n) is 6.27. The van der Waals surface area contributed by atoms with Crippen molar-refractivity contribution in [2.75, 3.05) is 13.7 Å². The third kappa shape index (κ3) is 3.08. The van der Waals surface area contributed by atoms with Crippen molar-refractivity contribution < 1.29 is 14.5 Å². The quantitative estimate of drug-likeness (QED) is 0.485. The summed E-state index contributed by atoms with van der Waals surface area (Å²) >= 11 is 6.07. The lowest BCUT2D eigenvalue weighted by Crippen LogP contribution is -2.36. The molecule has 1 heterocycles. The number of nitrogens with zero attached hydrogens (tertiary/aromatic N) is 2. The molecule has 0 bridgehead atoms. The molecule has 1 unspecified atom stereocenters. The maximum Gasteiger partial charge on any atom is 0.323 e. The van der Waals surface area contributed by atoms with Crippen LogP contribution >= 0.6 is 11.6 Å². The van der Waals surface area contributed by atoms with Crippen molar-refractivity contribution >= 4 is 23.3 Å². The normalized spacial score (nSPS) is 19.0. The van der Waals surface area contributed by atoms with E-state index >= 15 is 0 Å². The van der Waals surface area contributed by atoms with Crippen LogP contribution < -0.4 is 0 Å². The van der Waals surface area contributed by atoms with Crippen LogP contribution in [-0.2, 0) is 16.1 Å². The van der Waals surface area contributed by atoms with Gasteiger partial charge in [0.2, 0.25) is 0 Å². The fourth-order valence-electron chi connectivity index (χ4n) is 2.42. The lowest BCUT2D eigenvalue weighted by molar-refractivity contribution is -0.384. The number of likely N-dealkylation sites (tertiary alicyclic amines) is 1. The Bertz CT molecular complexity index is 535. The van der Waals surface area contributed by atoms with Gasteiger partial charge in [-0.05, 0) is 31.0 Å². The molecule has 0 aliphatic carbocycles. The number of nitro groups is 1. The van der Waals surface area contributed by atoms with E-state index in [-0.39, 0.29) is 17.7 Å². The number of ether oxygens (including phenoxy) is 1. The van der Waals surface area contributed by atoms with Gasteiger partial charge in [-0.3, -0.25) is 19.8 Å². The number of rotatable bonds is 4. The second-order valence-corrected chi connectivity index (χ2v) is 5.09. The van der Waals surface area contributed by atoms with Crippen molar-refractivity contribution in [3.8, 4) is 0 Å². The molecule has 1 aromatic rings. The van der Waals surface area contributed by atoms with E-state index in [9.17, 15) is 14.9 Å². The number of halogens is 1. The molecule has 1 fully saturated rings. The largest absolute Gasteiger partial charge is 0.468 e. The number of benzene rings is 1. The van der Waals surface area contributed by atoms with Crippen LogP contribution in [0.25, 0.3) is 0 Å².